The van der Waals surface area contributed by atoms with E-state index in [-0.39, 0.29) is 5.91 Å². The Hall–Kier alpha value is -1.57. The molecule has 1 aromatic rings. The molecule has 0 spiro atoms. The first-order valence-electron chi connectivity index (χ1n) is 12.7. The molecule has 30 heavy (non-hydrogen) atoms. The molecule has 2 fully saturated rings. The SMILES string of the molecule is C=CC(=O)Nc1ccc(C2CCC(C3CCC(CCCCC)CC3)CC2)cc1CC. The summed E-state index contributed by atoms with van der Waals surface area (Å²) in [6.07, 6.45) is 19.4. The number of amides is 1. The van der Waals surface area contributed by atoms with Gasteiger partial charge in [-0.05, 0) is 91.9 Å². The molecule has 3 rings (SSSR count). The van der Waals surface area contributed by atoms with Crippen LogP contribution in [0.4, 0.5) is 5.69 Å². The van der Waals surface area contributed by atoms with Crippen molar-refractivity contribution in [1.29, 1.82) is 0 Å². The highest BCUT2D eigenvalue weighted by atomic mass is 16.1. The minimum absolute atomic E-state index is 0.127. The molecule has 1 amide bonds. The second-order valence-electron chi connectivity index (χ2n) is 9.85. The molecule has 0 radical (unpaired) electrons. The summed E-state index contributed by atoms with van der Waals surface area (Å²) in [4.78, 5) is 11.7. The molecule has 0 aliphatic heterocycles. The lowest BCUT2D eigenvalue weighted by atomic mass is 9.68. The van der Waals surface area contributed by atoms with Gasteiger partial charge < -0.3 is 5.32 Å². The Labute approximate surface area is 184 Å². The van der Waals surface area contributed by atoms with Crippen LogP contribution in [0.25, 0.3) is 0 Å². The van der Waals surface area contributed by atoms with E-state index >= 15 is 0 Å². The zero-order chi connectivity index (χ0) is 21.3. The minimum atomic E-state index is -0.127. The van der Waals surface area contributed by atoms with Crippen LogP contribution in [0, 0.1) is 17.8 Å². The van der Waals surface area contributed by atoms with E-state index in [1.807, 2.05) is 0 Å². The van der Waals surface area contributed by atoms with Crippen LogP contribution in [0.2, 0.25) is 0 Å². The quantitative estimate of drug-likeness (QED) is 0.324. The van der Waals surface area contributed by atoms with Crippen LogP contribution in [-0.4, -0.2) is 5.91 Å². The van der Waals surface area contributed by atoms with Crippen molar-refractivity contribution in [2.75, 3.05) is 5.32 Å². The van der Waals surface area contributed by atoms with Crippen LogP contribution >= 0.6 is 0 Å². The zero-order valence-electron chi connectivity index (χ0n) is 19.4. The molecule has 2 heteroatoms. The predicted molar refractivity (Wildman–Crippen MR) is 129 cm³/mol. The van der Waals surface area contributed by atoms with Gasteiger partial charge in [-0.25, -0.2) is 0 Å². The molecule has 0 unspecified atom stereocenters. The van der Waals surface area contributed by atoms with Crippen LogP contribution < -0.4 is 5.32 Å². The van der Waals surface area contributed by atoms with Crippen molar-refractivity contribution < 1.29 is 4.79 Å². The molecular formula is C28H43NO. The van der Waals surface area contributed by atoms with Gasteiger partial charge in [0, 0.05) is 5.69 Å². The molecule has 2 nitrogen and oxygen atoms in total. The number of benzene rings is 1. The van der Waals surface area contributed by atoms with Crippen molar-refractivity contribution in [3.8, 4) is 0 Å². The van der Waals surface area contributed by atoms with Gasteiger partial charge in [0.05, 0.1) is 0 Å². The number of carbonyl (C=O) groups excluding carboxylic acids is 1. The van der Waals surface area contributed by atoms with Crippen molar-refractivity contribution in [3.05, 3.63) is 42.0 Å². The Kier molecular flexibility index (Phi) is 9.03. The number of unbranched alkanes of at least 4 members (excludes halogenated alkanes) is 2. The second kappa shape index (κ2) is 11.7. The molecule has 2 saturated carbocycles. The van der Waals surface area contributed by atoms with Crippen LogP contribution in [0.15, 0.2) is 30.9 Å². The van der Waals surface area contributed by atoms with E-state index in [2.05, 4.69) is 43.9 Å². The fourth-order valence-corrected chi connectivity index (χ4v) is 6.02. The average Bonchev–Trinajstić information content (AvgIpc) is 2.80. The monoisotopic (exact) mass is 409 g/mol. The summed E-state index contributed by atoms with van der Waals surface area (Å²) in [6, 6.07) is 6.68. The van der Waals surface area contributed by atoms with Gasteiger partial charge in [0.1, 0.15) is 0 Å². The topological polar surface area (TPSA) is 29.1 Å². The summed E-state index contributed by atoms with van der Waals surface area (Å²) in [5.74, 6) is 3.56. The highest BCUT2D eigenvalue weighted by molar-refractivity contribution is 5.99. The van der Waals surface area contributed by atoms with Gasteiger partial charge in [-0.3, -0.25) is 4.79 Å². The Morgan fingerprint density at radius 1 is 1.00 bits per heavy atom. The van der Waals surface area contributed by atoms with Gasteiger partial charge >= 0.3 is 0 Å². The largest absolute Gasteiger partial charge is 0.322 e. The van der Waals surface area contributed by atoms with Crippen molar-refractivity contribution in [2.24, 2.45) is 17.8 Å². The van der Waals surface area contributed by atoms with E-state index in [1.54, 1.807) is 0 Å². The summed E-state index contributed by atoms with van der Waals surface area (Å²) < 4.78 is 0. The predicted octanol–water partition coefficient (Wildman–Crippen LogP) is 8.03. The number of aryl methyl sites for hydroxylation is 1. The summed E-state index contributed by atoms with van der Waals surface area (Å²) in [7, 11) is 0. The number of hydrogen-bond donors (Lipinski definition) is 1. The van der Waals surface area contributed by atoms with Crippen molar-refractivity contribution in [3.63, 3.8) is 0 Å². The maximum atomic E-state index is 11.7. The average molecular weight is 410 g/mol. The van der Waals surface area contributed by atoms with Gasteiger partial charge in [-0.1, -0.05) is 71.1 Å². The first-order chi connectivity index (χ1) is 14.6. The lowest BCUT2D eigenvalue weighted by Gasteiger charge is -2.38. The fourth-order valence-electron chi connectivity index (χ4n) is 6.02. The smallest absolute Gasteiger partial charge is 0.247 e. The molecule has 2 aliphatic carbocycles. The first kappa shape index (κ1) is 23.1. The third-order valence-electron chi connectivity index (χ3n) is 7.97. The number of anilines is 1. The van der Waals surface area contributed by atoms with Crippen LogP contribution in [0.3, 0.4) is 0 Å². The fraction of sp³-hybridized carbons (Fsp3) is 0.679. The third kappa shape index (κ3) is 6.22. The van der Waals surface area contributed by atoms with Gasteiger partial charge in [0.15, 0.2) is 0 Å². The van der Waals surface area contributed by atoms with Gasteiger partial charge in [-0.15, -0.1) is 0 Å². The molecule has 1 aromatic carbocycles. The van der Waals surface area contributed by atoms with Crippen LogP contribution in [0.1, 0.15) is 108 Å². The molecule has 0 bridgehead atoms. The third-order valence-corrected chi connectivity index (χ3v) is 7.97. The van der Waals surface area contributed by atoms with E-state index in [4.69, 9.17) is 0 Å². The zero-order valence-corrected chi connectivity index (χ0v) is 19.4. The highest BCUT2D eigenvalue weighted by Gasteiger charge is 2.31. The number of rotatable bonds is 9. The van der Waals surface area contributed by atoms with Crippen molar-refractivity contribution in [2.45, 2.75) is 103 Å². The van der Waals surface area contributed by atoms with E-state index in [1.165, 1.54) is 94.3 Å². The second-order valence-corrected chi connectivity index (χ2v) is 9.85. The number of carbonyl (C=O) groups is 1. The minimum Gasteiger partial charge on any atom is -0.322 e. The molecular weight excluding hydrogens is 366 g/mol. The van der Waals surface area contributed by atoms with E-state index in [0.717, 1.165) is 29.9 Å². The lowest BCUT2D eigenvalue weighted by Crippen LogP contribution is -2.25. The maximum absolute atomic E-state index is 11.7. The Morgan fingerprint density at radius 2 is 1.67 bits per heavy atom. The lowest BCUT2D eigenvalue weighted by molar-refractivity contribution is -0.111. The number of nitrogens with one attached hydrogen (secondary N) is 1. The summed E-state index contributed by atoms with van der Waals surface area (Å²) in [5, 5.41) is 2.95. The van der Waals surface area contributed by atoms with Gasteiger partial charge in [0.25, 0.3) is 0 Å². The van der Waals surface area contributed by atoms with Gasteiger partial charge in [0.2, 0.25) is 5.91 Å². The molecule has 0 saturated heterocycles. The van der Waals surface area contributed by atoms with E-state index in [9.17, 15) is 4.79 Å². The summed E-state index contributed by atoms with van der Waals surface area (Å²) >= 11 is 0. The molecule has 1 N–H and O–H groups in total. The maximum Gasteiger partial charge on any atom is 0.247 e. The van der Waals surface area contributed by atoms with Gasteiger partial charge in [-0.2, -0.15) is 0 Å². The standard InChI is InChI=1S/C28H43NO/c1-4-7-8-9-21-10-12-23(13-11-21)24-14-16-25(17-15-24)26-18-19-27(22(5-2)20-26)29-28(30)6-3/h6,18-21,23-25H,3-5,7-17H2,1-2H3,(H,29,30). The van der Waals surface area contributed by atoms with Crippen molar-refractivity contribution >= 4 is 11.6 Å². The first-order valence-corrected chi connectivity index (χ1v) is 12.7. The highest BCUT2D eigenvalue weighted by Crippen LogP contribution is 2.44. The van der Waals surface area contributed by atoms with E-state index in [0.29, 0.717) is 5.92 Å². The molecule has 0 heterocycles. The molecule has 2 aliphatic rings. The van der Waals surface area contributed by atoms with Crippen molar-refractivity contribution in [1.82, 2.24) is 0 Å². The van der Waals surface area contributed by atoms with E-state index < -0.39 is 0 Å². The Morgan fingerprint density at radius 3 is 2.27 bits per heavy atom. The molecule has 0 aromatic heterocycles. The summed E-state index contributed by atoms with van der Waals surface area (Å²) in [6.45, 7) is 8.03. The number of hydrogen-bond acceptors (Lipinski definition) is 1. The Balaban J connectivity index is 1.48. The Bertz CT molecular complexity index is 678. The summed E-state index contributed by atoms with van der Waals surface area (Å²) in [5.41, 5.74) is 3.66. The normalized spacial score (nSPS) is 26.9. The molecule has 166 valence electrons. The van der Waals surface area contributed by atoms with Crippen LogP contribution in [-0.2, 0) is 11.2 Å². The molecule has 0 atom stereocenters. The van der Waals surface area contributed by atoms with Crippen LogP contribution in [0.5, 0.6) is 0 Å².